The van der Waals surface area contributed by atoms with Gasteiger partial charge in [-0.2, -0.15) is 0 Å². The number of carbonyl (C=O) groups is 1. The quantitative estimate of drug-likeness (QED) is 0.918. The zero-order chi connectivity index (χ0) is 13.7. The van der Waals surface area contributed by atoms with Crippen molar-refractivity contribution in [3.05, 3.63) is 23.8 Å². The molecule has 0 unspecified atom stereocenters. The molecule has 1 heterocycles. The van der Waals surface area contributed by atoms with Gasteiger partial charge in [-0.1, -0.05) is 0 Å². The van der Waals surface area contributed by atoms with Crippen LogP contribution in [0.15, 0.2) is 12.5 Å². The van der Waals surface area contributed by atoms with Crippen LogP contribution in [0, 0.1) is 23.7 Å². The average Bonchev–Trinajstić information content (AvgIpc) is 2.38. The van der Waals surface area contributed by atoms with Gasteiger partial charge in [-0.15, -0.1) is 0 Å². The van der Waals surface area contributed by atoms with Crippen molar-refractivity contribution >= 4 is 5.97 Å². The van der Waals surface area contributed by atoms with Gasteiger partial charge in [0.2, 0.25) is 0 Å². The number of nitrogens with zero attached hydrogens (tertiary/aromatic N) is 2. The fraction of sp³-hybridized carbons (Fsp3) is 0.688. The third-order valence-electron chi connectivity index (χ3n) is 5.71. The van der Waals surface area contributed by atoms with Crippen LogP contribution in [0.25, 0.3) is 0 Å². The summed E-state index contributed by atoms with van der Waals surface area (Å²) in [4.78, 5) is 19.6. The lowest BCUT2D eigenvalue weighted by atomic mass is 9.51. The van der Waals surface area contributed by atoms with Crippen LogP contribution in [0.3, 0.4) is 0 Å². The Morgan fingerprint density at radius 2 is 1.80 bits per heavy atom. The standard InChI is InChI=1S/C16H20N2O2/c19-14(20)6-13-7-17-8-18-16(13)15-11-2-9-1-10(4-11)5-12(15)3-9/h7-12,15H,1-6H2,(H,19,20). The van der Waals surface area contributed by atoms with Crippen LogP contribution in [0.1, 0.15) is 49.3 Å². The number of carboxylic acid groups (broad SMARTS) is 1. The van der Waals surface area contributed by atoms with E-state index in [0.717, 1.165) is 34.9 Å². The van der Waals surface area contributed by atoms with E-state index in [2.05, 4.69) is 9.97 Å². The summed E-state index contributed by atoms with van der Waals surface area (Å²) in [5.74, 6) is 3.02. The average molecular weight is 272 g/mol. The molecule has 1 aromatic heterocycles. The lowest BCUT2D eigenvalue weighted by Gasteiger charge is -2.54. The molecule has 1 N–H and O–H groups in total. The topological polar surface area (TPSA) is 63.1 Å². The number of aromatic nitrogens is 2. The van der Waals surface area contributed by atoms with Gasteiger partial charge in [0.15, 0.2) is 0 Å². The second kappa shape index (κ2) is 4.54. The maximum atomic E-state index is 11.1. The number of rotatable bonds is 3. The van der Waals surface area contributed by atoms with Crippen LogP contribution in [-0.2, 0) is 11.2 Å². The van der Waals surface area contributed by atoms with Crippen LogP contribution in [0.4, 0.5) is 0 Å². The minimum absolute atomic E-state index is 0.0545. The van der Waals surface area contributed by atoms with E-state index in [9.17, 15) is 4.79 Å². The minimum Gasteiger partial charge on any atom is -0.481 e. The first kappa shape index (κ1) is 12.3. The van der Waals surface area contributed by atoms with Gasteiger partial charge >= 0.3 is 5.97 Å². The molecule has 0 aromatic carbocycles. The Balaban J connectivity index is 1.69. The van der Waals surface area contributed by atoms with Gasteiger partial charge in [0.25, 0.3) is 0 Å². The van der Waals surface area contributed by atoms with Gasteiger partial charge in [-0.25, -0.2) is 9.97 Å². The van der Waals surface area contributed by atoms with E-state index in [1.807, 2.05) is 0 Å². The fourth-order valence-corrected chi connectivity index (χ4v) is 5.34. The summed E-state index contributed by atoms with van der Waals surface area (Å²) >= 11 is 0. The predicted octanol–water partition coefficient (Wildman–Crippen LogP) is 2.64. The molecule has 4 nitrogen and oxygen atoms in total. The molecule has 4 saturated carbocycles. The molecule has 0 saturated heterocycles. The molecule has 20 heavy (non-hydrogen) atoms. The molecule has 0 aliphatic heterocycles. The Morgan fingerprint density at radius 3 is 2.40 bits per heavy atom. The molecule has 5 rings (SSSR count). The van der Waals surface area contributed by atoms with E-state index in [1.165, 1.54) is 32.1 Å². The highest BCUT2D eigenvalue weighted by atomic mass is 16.4. The molecular weight excluding hydrogens is 252 g/mol. The highest BCUT2D eigenvalue weighted by molar-refractivity contribution is 5.70. The smallest absolute Gasteiger partial charge is 0.307 e. The van der Waals surface area contributed by atoms with Crippen LogP contribution in [-0.4, -0.2) is 21.0 Å². The monoisotopic (exact) mass is 272 g/mol. The Morgan fingerprint density at radius 1 is 1.15 bits per heavy atom. The zero-order valence-corrected chi connectivity index (χ0v) is 11.5. The van der Waals surface area contributed by atoms with Crippen LogP contribution in [0.5, 0.6) is 0 Å². The molecule has 0 spiro atoms. The minimum atomic E-state index is -0.787. The van der Waals surface area contributed by atoms with Gasteiger partial charge in [0.05, 0.1) is 12.1 Å². The Labute approximate surface area is 118 Å². The summed E-state index contributed by atoms with van der Waals surface area (Å²) in [6, 6.07) is 0. The van der Waals surface area contributed by atoms with Crippen molar-refractivity contribution in [3.63, 3.8) is 0 Å². The summed E-state index contributed by atoms with van der Waals surface area (Å²) in [5.41, 5.74) is 1.87. The molecule has 4 aliphatic carbocycles. The van der Waals surface area contributed by atoms with Gasteiger partial charge in [0.1, 0.15) is 6.33 Å². The Bertz CT molecular complexity index is 515. The van der Waals surface area contributed by atoms with Gasteiger partial charge < -0.3 is 5.11 Å². The zero-order valence-electron chi connectivity index (χ0n) is 11.5. The summed E-state index contributed by atoms with van der Waals surface area (Å²) in [5, 5.41) is 9.09. The highest BCUT2D eigenvalue weighted by Crippen LogP contribution is 2.59. The van der Waals surface area contributed by atoms with Crippen LogP contribution < -0.4 is 0 Å². The first-order valence-electron chi connectivity index (χ1n) is 7.71. The fourth-order valence-electron chi connectivity index (χ4n) is 5.34. The van der Waals surface area contributed by atoms with E-state index in [0.29, 0.717) is 5.92 Å². The van der Waals surface area contributed by atoms with Crippen molar-refractivity contribution in [2.24, 2.45) is 23.7 Å². The van der Waals surface area contributed by atoms with Crippen molar-refractivity contribution in [1.82, 2.24) is 9.97 Å². The third kappa shape index (κ3) is 1.93. The largest absolute Gasteiger partial charge is 0.481 e. The molecular formula is C16H20N2O2. The first-order valence-corrected chi connectivity index (χ1v) is 7.71. The summed E-state index contributed by atoms with van der Waals surface area (Å²) in [6.07, 6.45) is 10.1. The summed E-state index contributed by atoms with van der Waals surface area (Å²) in [7, 11) is 0. The van der Waals surface area contributed by atoms with Gasteiger partial charge in [-0.05, 0) is 55.8 Å². The Hall–Kier alpha value is -1.45. The van der Waals surface area contributed by atoms with Gasteiger partial charge in [-0.3, -0.25) is 4.79 Å². The summed E-state index contributed by atoms with van der Waals surface area (Å²) in [6.45, 7) is 0. The molecule has 4 aliphatic rings. The molecule has 1 aromatic rings. The van der Waals surface area contributed by atoms with E-state index in [4.69, 9.17) is 5.11 Å². The number of aliphatic carboxylic acids is 1. The first-order chi connectivity index (χ1) is 9.70. The molecule has 4 bridgehead atoms. The number of hydrogen-bond donors (Lipinski definition) is 1. The van der Waals surface area contributed by atoms with Crippen molar-refractivity contribution in [1.29, 1.82) is 0 Å². The number of hydrogen-bond acceptors (Lipinski definition) is 3. The molecule has 106 valence electrons. The highest BCUT2D eigenvalue weighted by Gasteiger charge is 2.49. The van der Waals surface area contributed by atoms with E-state index < -0.39 is 5.97 Å². The third-order valence-corrected chi connectivity index (χ3v) is 5.71. The van der Waals surface area contributed by atoms with Crippen LogP contribution >= 0.6 is 0 Å². The predicted molar refractivity (Wildman–Crippen MR) is 73.2 cm³/mol. The van der Waals surface area contributed by atoms with Crippen molar-refractivity contribution in [3.8, 4) is 0 Å². The lowest BCUT2D eigenvalue weighted by Crippen LogP contribution is -2.44. The maximum Gasteiger partial charge on any atom is 0.307 e. The van der Waals surface area contributed by atoms with E-state index >= 15 is 0 Å². The molecule has 0 atom stereocenters. The molecule has 4 fully saturated rings. The molecule has 0 radical (unpaired) electrons. The normalized spacial score (nSPS) is 38.1. The van der Waals surface area contributed by atoms with Crippen molar-refractivity contribution in [2.75, 3.05) is 0 Å². The molecule has 4 heteroatoms. The number of carboxylic acids is 1. The summed E-state index contributed by atoms with van der Waals surface area (Å²) < 4.78 is 0. The van der Waals surface area contributed by atoms with E-state index in [-0.39, 0.29) is 6.42 Å². The molecule has 0 amide bonds. The van der Waals surface area contributed by atoms with Crippen molar-refractivity contribution in [2.45, 2.75) is 44.4 Å². The van der Waals surface area contributed by atoms with E-state index in [1.54, 1.807) is 12.5 Å². The van der Waals surface area contributed by atoms with Gasteiger partial charge in [0, 0.05) is 17.7 Å². The Kier molecular flexibility index (Phi) is 2.79. The van der Waals surface area contributed by atoms with Crippen molar-refractivity contribution < 1.29 is 9.90 Å². The maximum absolute atomic E-state index is 11.1. The second-order valence-electron chi connectivity index (χ2n) is 6.96. The van der Waals surface area contributed by atoms with Crippen LogP contribution in [0.2, 0.25) is 0 Å². The lowest BCUT2D eigenvalue weighted by molar-refractivity contribution is -0.136. The SMILES string of the molecule is O=C(O)Cc1cncnc1C1C2CC3CC(C2)CC1C3. The second-order valence-corrected chi connectivity index (χ2v) is 6.96.